The normalized spacial score (nSPS) is 21.4. The maximum absolute atomic E-state index is 6.52. The Kier molecular flexibility index (Phi) is 4.86. The van der Waals surface area contributed by atoms with Crippen LogP contribution in [0.3, 0.4) is 0 Å². The van der Waals surface area contributed by atoms with E-state index < -0.39 is 0 Å². The highest BCUT2D eigenvalue weighted by atomic mass is 35.5. The molecule has 5 nitrogen and oxygen atoms in total. The Bertz CT molecular complexity index is 464. The van der Waals surface area contributed by atoms with Crippen LogP contribution in [0.1, 0.15) is 31.9 Å². The van der Waals surface area contributed by atoms with Gasteiger partial charge in [0.1, 0.15) is 5.82 Å². The van der Waals surface area contributed by atoms with E-state index in [-0.39, 0.29) is 11.6 Å². The molecular weight excluding hydrogens is 276 g/mol. The molecule has 0 aliphatic carbocycles. The minimum Gasteiger partial charge on any atom is -0.383 e. The molecule has 0 amide bonds. The zero-order valence-corrected chi connectivity index (χ0v) is 12.9. The summed E-state index contributed by atoms with van der Waals surface area (Å²) in [5.41, 5.74) is 13.1. The predicted octanol–water partition coefficient (Wildman–Crippen LogP) is 1.82. The number of rotatable bonds is 4. The first-order valence-electron chi connectivity index (χ1n) is 6.98. The van der Waals surface area contributed by atoms with Crippen LogP contribution in [0.4, 0.5) is 5.82 Å². The van der Waals surface area contributed by atoms with Crippen molar-refractivity contribution < 1.29 is 4.74 Å². The summed E-state index contributed by atoms with van der Waals surface area (Å²) in [6, 6.07) is 1.58. The summed E-state index contributed by atoms with van der Waals surface area (Å²) in [6.07, 6.45) is 2.46. The van der Waals surface area contributed by atoms with Gasteiger partial charge in [0.25, 0.3) is 0 Å². The molecule has 20 heavy (non-hydrogen) atoms. The number of hydrogen-bond donors (Lipinski definition) is 2. The molecule has 1 aliphatic heterocycles. The van der Waals surface area contributed by atoms with Crippen molar-refractivity contribution >= 4 is 17.4 Å². The summed E-state index contributed by atoms with van der Waals surface area (Å²) in [5, 5.41) is 0.560. The second-order valence-corrected chi connectivity index (χ2v) is 5.85. The predicted molar refractivity (Wildman–Crippen MR) is 81.7 cm³/mol. The Balaban J connectivity index is 2.31. The molecule has 4 N–H and O–H groups in total. The quantitative estimate of drug-likeness (QED) is 0.886. The van der Waals surface area contributed by atoms with Gasteiger partial charge in [0.15, 0.2) is 0 Å². The molecule has 0 saturated carbocycles. The number of pyridine rings is 1. The average molecular weight is 299 g/mol. The molecule has 0 spiro atoms. The lowest BCUT2D eigenvalue weighted by Gasteiger charge is -2.46. The third kappa shape index (κ3) is 2.91. The summed E-state index contributed by atoms with van der Waals surface area (Å²) in [4.78, 5) is 6.49. The van der Waals surface area contributed by atoms with Gasteiger partial charge < -0.3 is 16.2 Å². The van der Waals surface area contributed by atoms with Gasteiger partial charge in [-0.25, -0.2) is 4.98 Å². The van der Waals surface area contributed by atoms with Crippen LogP contribution in [0.25, 0.3) is 0 Å². The van der Waals surface area contributed by atoms with Crippen molar-refractivity contribution in [2.45, 2.75) is 31.8 Å². The molecule has 2 atom stereocenters. The number of anilines is 1. The Morgan fingerprint density at radius 3 is 2.75 bits per heavy atom. The Hall–Kier alpha value is -0.880. The van der Waals surface area contributed by atoms with Crippen molar-refractivity contribution in [2.24, 2.45) is 5.73 Å². The topological polar surface area (TPSA) is 77.4 Å². The van der Waals surface area contributed by atoms with Crippen LogP contribution in [0, 0.1) is 0 Å². The Morgan fingerprint density at radius 2 is 2.15 bits per heavy atom. The zero-order chi connectivity index (χ0) is 14.8. The van der Waals surface area contributed by atoms with Gasteiger partial charge in [-0.3, -0.25) is 4.90 Å². The van der Waals surface area contributed by atoms with Crippen molar-refractivity contribution in [3.05, 3.63) is 22.8 Å². The van der Waals surface area contributed by atoms with Gasteiger partial charge in [-0.15, -0.1) is 0 Å². The minimum absolute atomic E-state index is 0.190. The third-order valence-electron chi connectivity index (χ3n) is 4.37. The summed E-state index contributed by atoms with van der Waals surface area (Å²) in [5.74, 6) is 0.454. The molecular formula is C14H23ClN4O. The van der Waals surface area contributed by atoms with Crippen LogP contribution in [0.5, 0.6) is 0 Å². The van der Waals surface area contributed by atoms with Gasteiger partial charge >= 0.3 is 0 Å². The molecule has 1 fully saturated rings. The lowest BCUT2D eigenvalue weighted by molar-refractivity contribution is -0.0277. The molecule has 0 bridgehead atoms. The maximum Gasteiger partial charge on any atom is 0.128 e. The van der Waals surface area contributed by atoms with E-state index in [4.69, 9.17) is 27.8 Å². The van der Waals surface area contributed by atoms with E-state index in [1.54, 1.807) is 6.20 Å². The Labute approximate surface area is 125 Å². The van der Waals surface area contributed by atoms with Crippen LogP contribution in [-0.2, 0) is 4.74 Å². The number of morpholine rings is 1. The fourth-order valence-corrected chi connectivity index (χ4v) is 2.93. The van der Waals surface area contributed by atoms with Gasteiger partial charge in [-0.05, 0) is 19.4 Å². The van der Waals surface area contributed by atoms with Crippen molar-refractivity contribution in [1.82, 2.24) is 9.88 Å². The van der Waals surface area contributed by atoms with Gasteiger partial charge in [0.05, 0.1) is 24.3 Å². The fourth-order valence-electron chi connectivity index (χ4n) is 2.76. The van der Waals surface area contributed by atoms with E-state index in [1.807, 2.05) is 6.07 Å². The first kappa shape index (κ1) is 15.5. The van der Waals surface area contributed by atoms with E-state index >= 15 is 0 Å². The molecule has 1 saturated heterocycles. The summed E-state index contributed by atoms with van der Waals surface area (Å²) >= 11 is 6.03. The summed E-state index contributed by atoms with van der Waals surface area (Å²) in [6.45, 7) is 7.56. The van der Waals surface area contributed by atoms with Crippen LogP contribution >= 0.6 is 11.6 Å². The highest BCUT2D eigenvalue weighted by Crippen LogP contribution is 2.35. The molecule has 6 heteroatoms. The van der Waals surface area contributed by atoms with E-state index in [0.29, 0.717) is 10.8 Å². The number of nitrogens with two attached hydrogens (primary N) is 2. The van der Waals surface area contributed by atoms with Gasteiger partial charge in [-0.2, -0.15) is 0 Å². The second-order valence-electron chi connectivity index (χ2n) is 5.42. The molecule has 2 rings (SSSR count). The lowest BCUT2D eigenvalue weighted by atomic mass is 9.83. The molecule has 2 heterocycles. The smallest absolute Gasteiger partial charge is 0.128 e. The van der Waals surface area contributed by atoms with Crippen LogP contribution < -0.4 is 11.5 Å². The molecule has 112 valence electrons. The molecule has 1 aliphatic rings. The first-order valence-corrected chi connectivity index (χ1v) is 7.36. The molecule has 0 aromatic carbocycles. The van der Waals surface area contributed by atoms with Crippen molar-refractivity contribution in [3.8, 4) is 0 Å². The number of nitrogens with zero attached hydrogens (tertiary/aromatic N) is 2. The van der Waals surface area contributed by atoms with E-state index in [1.165, 1.54) is 0 Å². The van der Waals surface area contributed by atoms with E-state index in [2.05, 4.69) is 23.7 Å². The SMILES string of the molecule is CCC(C)(C(N)c1cc(Cl)cnc1N)N1CCOCC1. The molecule has 1 aromatic heterocycles. The van der Waals surface area contributed by atoms with Gasteiger partial charge in [0.2, 0.25) is 0 Å². The second kappa shape index (κ2) is 6.26. The van der Waals surface area contributed by atoms with Crippen LogP contribution in [0.2, 0.25) is 5.02 Å². The number of hydrogen-bond acceptors (Lipinski definition) is 5. The number of nitrogen functional groups attached to an aromatic ring is 1. The largest absolute Gasteiger partial charge is 0.383 e. The highest BCUT2D eigenvalue weighted by Gasteiger charge is 2.38. The number of ether oxygens (including phenoxy) is 1. The monoisotopic (exact) mass is 298 g/mol. The minimum atomic E-state index is -0.239. The number of halogens is 1. The van der Waals surface area contributed by atoms with E-state index in [9.17, 15) is 0 Å². The summed E-state index contributed by atoms with van der Waals surface area (Å²) < 4.78 is 5.43. The number of aromatic nitrogens is 1. The van der Waals surface area contributed by atoms with Crippen LogP contribution in [0.15, 0.2) is 12.3 Å². The fraction of sp³-hybridized carbons (Fsp3) is 0.643. The van der Waals surface area contributed by atoms with Crippen molar-refractivity contribution in [2.75, 3.05) is 32.0 Å². The molecule has 1 aromatic rings. The molecule has 0 radical (unpaired) electrons. The van der Waals surface area contributed by atoms with Gasteiger partial charge in [0, 0.05) is 30.4 Å². The highest BCUT2D eigenvalue weighted by molar-refractivity contribution is 6.30. The van der Waals surface area contributed by atoms with Crippen molar-refractivity contribution in [3.63, 3.8) is 0 Å². The zero-order valence-electron chi connectivity index (χ0n) is 12.1. The third-order valence-corrected chi connectivity index (χ3v) is 4.58. The van der Waals surface area contributed by atoms with Crippen molar-refractivity contribution in [1.29, 1.82) is 0 Å². The van der Waals surface area contributed by atoms with Gasteiger partial charge in [-0.1, -0.05) is 18.5 Å². The average Bonchev–Trinajstić information content (AvgIpc) is 2.49. The first-order chi connectivity index (χ1) is 9.49. The van der Waals surface area contributed by atoms with Crippen LogP contribution in [-0.4, -0.2) is 41.7 Å². The standard InChI is InChI=1S/C14H23ClN4O/c1-3-14(2,19-4-6-20-7-5-19)12(16)11-8-10(15)9-18-13(11)17/h8-9,12H,3-7,16H2,1-2H3,(H2,17,18). The summed E-state index contributed by atoms with van der Waals surface area (Å²) in [7, 11) is 0. The molecule has 2 unspecified atom stereocenters. The van der Waals surface area contributed by atoms with E-state index in [0.717, 1.165) is 38.3 Å². The Morgan fingerprint density at radius 1 is 1.50 bits per heavy atom. The maximum atomic E-state index is 6.52. The lowest BCUT2D eigenvalue weighted by Crippen LogP contribution is -2.56.